The average molecular weight is 317 g/mol. The van der Waals surface area contributed by atoms with Gasteiger partial charge in [0.1, 0.15) is 12.1 Å². The van der Waals surface area contributed by atoms with Crippen LogP contribution in [-0.4, -0.2) is 28.9 Å². The average Bonchev–Trinajstić information content (AvgIpc) is 2.39. The molecule has 0 aliphatic heterocycles. The third-order valence-corrected chi connectivity index (χ3v) is 3.64. The maximum Gasteiger partial charge on any atom is 0.411 e. The minimum absolute atomic E-state index is 0.164. The van der Waals surface area contributed by atoms with Crippen molar-refractivity contribution < 1.29 is 32.6 Å². The van der Waals surface area contributed by atoms with E-state index in [1.165, 1.54) is 0 Å². The molecule has 0 heterocycles. The summed E-state index contributed by atoms with van der Waals surface area (Å²) in [6.45, 7) is -0.164. The third kappa shape index (κ3) is 3.32. The first-order valence-corrected chi connectivity index (χ1v) is 6.52. The number of carboxylic acids is 1. The molecule has 0 spiro atoms. The number of benzene rings is 1. The van der Waals surface area contributed by atoms with Crippen molar-refractivity contribution in [1.29, 1.82) is 0 Å². The number of amides is 1. The molecule has 1 aromatic carbocycles. The van der Waals surface area contributed by atoms with Crippen molar-refractivity contribution in [2.24, 2.45) is 5.92 Å². The Kier molecular flexibility index (Phi) is 4.30. The number of carbonyl (C=O) groups is 2. The monoisotopic (exact) mass is 317 g/mol. The lowest BCUT2D eigenvalue weighted by Gasteiger charge is -2.46. The van der Waals surface area contributed by atoms with E-state index in [2.05, 4.69) is 0 Å². The largest absolute Gasteiger partial charge is 0.481 e. The van der Waals surface area contributed by atoms with E-state index in [0.717, 1.165) is 0 Å². The molecule has 22 heavy (non-hydrogen) atoms. The number of halogens is 3. The number of alkyl halides is 3. The van der Waals surface area contributed by atoms with E-state index in [9.17, 15) is 22.8 Å². The molecule has 1 fully saturated rings. The highest BCUT2D eigenvalue weighted by atomic mass is 19.4. The van der Waals surface area contributed by atoms with Crippen LogP contribution in [0.1, 0.15) is 18.4 Å². The van der Waals surface area contributed by atoms with Crippen LogP contribution in [0.15, 0.2) is 30.3 Å². The van der Waals surface area contributed by atoms with E-state index in [0.29, 0.717) is 5.56 Å². The number of ether oxygens (including phenoxy) is 1. The third-order valence-electron chi connectivity index (χ3n) is 3.64. The number of hydrogen-bond acceptors (Lipinski definition) is 3. The first-order chi connectivity index (χ1) is 10.2. The summed E-state index contributed by atoms with van der Waals surface area (Å²) >= 11 is 0. The fourth-order valence-corrected chi connectivity index (χ4v) is 2.32. The molecule has 1 aliphatic rings. The Hall–Kier alpha value is -2.25. The van der Waals surface area contributed by atoms with Crippen LogP contribution in [0.2, 0.25) is 0 Å². The summed E-state index contributed by atoms with van der Waals surface area (Å²) in [5.41, 5.74) is -1.89. The highest BCUT2D eigenvalue weighted by Gasteiger charge is 2.64. The van der Waals surface area contributed by atoms with Gasteiger partial charge in [-0.3, -0.25) is 4.79 Å². The zero-order valence-corrected chi connectivity index (χ0v) is 11.4. The first-order valence-electron chi connectivity index (χ1n) is 6.52. The summed E-state index contributed by atoms with van der Waals surface area (Å²) in [4.78, 5) is 22.2. The number of alkyl carbamates (subject to hydrolysis) is 1. The van der Waals surface area contributed by atoms with E-state index in [1.54, 1.807) is 35.6 Å². The molecule has 1 amide bonds. The molecular weight excluding hydrogens is 303 g/mol. The van der Waals surface area contributed by atoms with Crippen molar-refractivity contribution in [2.45, 2.75) is 31.2 Å². The SMILES string of the molecule is O=C(NC1(C(F)(F)F)CC(C(=O)O)C1)OCc1ccccc1. The molecule has 1 aromatic rings. The van der Waals surface area contributed by atoms with Gasteiger partial charge in [-0.15, -0.1) is 0 Å². The Morgan fingerprint density at radius 3 is 2.36 bits per heavy atom. The number of nitrogens with one attached hydrogen (secondary N) is 1. The molecule has 2 N–H and O–H groups in total. The molecule has 1 aliphatic carbocycles. The normalized spacial score (nSPS) is 24.2. The standard InChI is InChI=1S/C14H14F3NO4/c15-14(16,17)13(6-10(7-13)11(19)20)18-12(21)22-8-9-4-2-1-3-5-9/h1-5,10H,6-8H2,(H,18,21)(H,19,20). The minimum Gasteiger partial charge on any atom is -0.481 e. The Morgan fingerprint density at radius 1 is 1.27 bits per heavy atom. The van der Waals surface area contributed by atoms with Crippen molar-refractivity contribution in [3.8, 4) is 0 Å². The fourth-order valence-electron chi connectivity index (χ4n) is 2.32. The molecule has 0 bridgehead atoms. The second-order valence-electron chi connectivity index (χ2n) is 5.21. The van der Waals surface area contributed by atoms with Gasteiger partial charge in [0.25, 0.3) is 0 Å². The van der Waals surface area contributed by atoms with Crippen LogP contribution in [0.5, 0.6) is 0 Å². The van der Waals surface area contributed by atoms with Crippen molar-refractivity contribution in [1.82, 2.24) is 5.32 Å². The molecule has 0 saturated heterocycles. The van der Waals surface area contributed by atoms with Crippen molar-refractivity contribution in [3.63, 3.8) is 0 Å². The Balaban J connectivity index is 1.94. The summed E-state index contributed by atoms with van der Waals surface area (Å²) in [5, 5.41) is 10.5. The Morgan fingerprint density at radius 2 is 1.86 bits per heavy atom. The van der Waals surface area contributed by atoms with Gasteiger partial charge in [-0.25, -0.2) is 4.79 Å². The summed E-state index contributed by atoms with van der Waals surface area (Å²) in [6, 6.07) is 8.49. The molecule has 1 saturated carbocycles. The second kappa shape index (κ2) is 5.86. The molecule has 2 rings (SSSR count). The highest BCUT2D eigenvalue weighted by molar-refractivity contribution is 5.74. The number of hydrogen-bond donors (Lipinski definition) is 2. The summed E-state index contributed by atoms with van der Waals surface area (Å²) in [5.74, 6) is -2.42. The van der Waals surface area contributed by atoms with Gasteiger partial charge in [0.2, 0.25) is 0 Å². The summed E-state index contributed by atoms with van der Waals surface area (Å²) in [7, 11) is 0. The van der Waals surface area contributed by atoms with Gasteiger partial charge in [0, 0.05) is 0 Å². The van der Waals surface area contributed by atoms with Gasteiger partial charge in [-0.05, 0) is 18.4 Å². The lowest BCUT2D eigenvalue weighted by Crippen LogP contribution is -2.67. The molecule has 120 valence electrons. The van der Waals surface area contributed by atoms with Crippen molar-refractivity contribution in [3.05, 3.63) is 35.9 Å². The van der Waals surface area contributed by atoms with Gasteiger partial charge in [0.05, 0.1) is 5.92 Å². The maximum atomic E-state index is 13.1. The molecule has 0 radical (unpaired) electrons. The van der Waals surface area contributed by atoms with E-state index in [1.807, 2.05) is 0 Å². The topological polar surface area (TPSA) is 75.6 Å². The van der Waals surface area contributed by atoms with Crippen LogP contribution in [0.3, 0.4) is 0 Å². The minimum atomic E-state index is -4.73. The smallest absolute Gasteiger partial charge is 0.411 e. The molecule has 8 heteroatoms. The number of carbonyl (C=O) groups excluding carboxylic acids is 1. The van der Waals surface area contributed by atoms with Crippen LogP contribution < -0.4 is 5.32 Å². The van der Waals surface area contributed by atoms with E-state index >= 15 is 0 Å². The zero-order valence-electron chi connectivity index (χ0n) is 11.4. The maximum absolute atomic E-state index is 13.1. The van der Waals surface area contributed by atoms with Gasteiger partial charge >= 0.3 is 18.2 Å². The Bertz CT molecular complexity index is 553. The zero-order chi connectivity index (χ0) is 16.4. The van der Waals surface area contributed by atoms with Crippen LogP contribution >= 0.6 is 0 Å². The number of carboxylic acid groups (broad SMARTS) is 1. The van der Waals surface area contributed by atoms with E-state index < -0.39 is 42.5 Å². The first kappa shape index (κ1) is 16.1. The van der Waals surface area contributed by atoms with E-state index in [-0.39, 0.29) is 6.61 Å². The van der Waals surface area contributed by atoms with Gasteiger partial charge < -0.3 is 15.2 Å². The van der Waals surface area contributed by atoms with Crippen molar-refractivity contribution >= 4 is 12.1 Å². The van der Waals surface area contributed by atoms with Crippen LogP contribution in [-0.2, 0) is 16.1 Å². The number of aliphatic carboxylic acids is 1. The van der Waals surface area contributed by atoms with Crippen LogP contribution in [0.25, 0.3) is 0 Å². The second-order valence-corrected chi connectivity index (χ2v) is 5.21. The lowest BCUT2D eigenvalue weighted by molar-refractivity contribution is -0.229. The Labute approximate surface area is 124 Å². The quantitative estimate of drug-likeness (QED) is 0.895. The predicted molar refractivity (Wildman–Crippen MR) is 68.9 cm³/mol. The summed E-state index contributed by atoms with van der Waals surface area (Å²) < 4.78 is 43.9. The van der Waals surface area contributed by atoms with Crippen molar-refractivity contribution in [2.75, 3.05) is 0 Å². The fraction of sp³-hybridized carbons (Fsp3) is 0.429. The molecule has 0 atom stereocenters. The molecule has 0 unspecified atom stereocenters. The van der Waals surface area contributed by atoms with Gasteiger partial charge in [-0.1, -0.05) is 30.3 Å². The molecule has 5 nitrogen and oxygen atoms in total. The lowest BCUT2D eigenvalue weighted by atomic mass is 9.67. The van der Waals surface area contributed by atoms with Crippen LogP contribution in [0, 0.1) is 5.92 Å². The van der Waals surface area contributed by atoms with E-state index in [4.69, 9.17) is 9.84 Å². The van der Waals surface area contributed by atoms with Gasteiger partial charge in [0.15, 0.2) is 0 Å². The predicted octanol–water partition coefficient (Wildman–Crippen LogP) is 2.71. The molecular formula is C14H14F3NO4. The highest BCUT2D eigenvalue weighted by Crippen LogP contribution is 2.48. The molecule has 0 aromatic heterocycles. The van der Waals surface area contributed by atoms with Crippen LogP contribution in [0.4, 0.5) is 18.0 Å². The van der Waals surface area contributed by atoms with Gasteiger partial charge in [-0.2, -0.15) is 13.2 Å². The number of rotatable bonds is 4. The summed E-state index contributed by atoms with van der Waals surface area (Å²) in [6.07, 6.45) is -7.33.